The largest absolute Gasteiger partial charge is 0.493 e. The minimum absolute atomic E-state index is 0.111. The third-order valence-corrected chi connectivity index (χ3v) is 2.98. The third-order valence-electron chi connectivity index (χ3n) is 2.98. The number of hydrogen-bond acceptors (Lipinski definition) is 4. The second-order valence-corrected chi connectivity index (χ2v) is 4.26. The van der Waals surface area contributed by atoms with E-state index in [0.717, 1.165) is 5.56 Å². The molecule has 0 aliphatic carbocycles. The Hall–Kier alpha value is -2.76. The Morgan fingerprint density at radius 1 is 1.33 bits per heavy atom. The van der Waals surface area contributed by atoms with Crippen molar-refractivity contribution in [1.29, 1.82) is 0 Å². The molecule has 0 spiro atoms. The van der Waals surface area contributed by atoms with Crippen LogP contribution in [0.1, 0.15) is 10.5 Å². The summed E-state index contributed by atoms with van der Waals surface area (Å²) < 4.78 is 11.8. The number of benzene rings is 1. The Kier molecular flexibility index (Phi) is 4.27. The molecule has 1 heterocycles. The standard InChI is InChI=1S/C15H16N2O4/c1-4-7-17-12(15(18)19)9-11(16-17)10-5-6-13(20-2)14(8-10)21-3/h4-6,8-9H,1,7H2,2-3H3,(H,18,19). The predicted octanol–water partition coefficient (Wildman–Crippen LogP) is 2.45. The van der Waals surface area contributed by atoms with Gasteiger partial charge in [0, 0.05) is 5.56 Å². The summed E-state index contributed by atoms with van der Waals surface area (Å²) in [6.45, 7) is 3.93. The molecule has 6 heteroatoms. The van der Waals surface area contributed by atoms with Gasteiger partial charge in [-0.3, -0.25) is 4.68 Å². The summed E-state index contributed by atoms with van der Waals surface area (Å²) in [6, 6.07) is 6.83. The van der Waals surface area contributed by atoms with Gasteiger partial charge in [0.25, 0.3) is 0 Å². The first kappa shape index (κ1) is 14.6. The molecule has 0 saturated heterocycles. The second-order valence-electron chi connectivity index (χ2n) is 4.26. The summed E-state index contributed by atoms with van der Waals surface area (Å²) >= 11 is 0. The van der Waals surface area contributed by atoms with Gasteiger partial charge in [-0.25, -0.2) is 4.79 Å². The summed E-state index contributed by atoms with van der Waals surface area (Å²) in [5, 5.41) is 13.5. The minimum atomic E-state index is -1.03. The average Bonchev–Trinajstić information content (AvgIpc) is 2.91. The van der Waals surface area contributed by atoms with Gasteiger partial charge in [-0.15, -0.1) is 6.58 Å². The topological polar surface area (TPSA) is 73.6 Å². The van der Waals surface area contributed by atoms with Gasteiger partial charge in [-0.1, -0.05) is 6.08 Å². The van der Waals surface area contributed by atoms with Crippen LogP contribution in [-0.2, 0) is 6.54 Å². The Morgan fingerprint density at radius 3 is 2.62 bits per heavy atom. The number of nitrogens with zero attached hydrogens (tertiary/aromatic N) is 2. The molecule has 1 aromatic heterocycles. The van der Waals surface area contributed by atoms with Crippen LogP contribution in [0, 0.1) is 0 Å². The lowest BCUT2D eigenvalue weighted by Crippen LogP contribution is -2.08. The first-order valence-electron chi connectivity index (χ1n) is 6.25. The number of ether oxygens (including phenoxy) is 2. The van der Waals surface area contributed by atoms with Gasteiger partial charge in [-0.2, -0.15) is 5.10 Å². The van der Waals surface area contributed by atoms with Crippen molar-refractivity contribution in [3.05, 3.63) is 42.6 Å². The zero-order valence-electron chi connectivity index (χ0n) is 11.9. The molecule has 0 aliphatic heterocycles. The molecule has 21 heavy (non-hydrogen) atoms. The van der Waals surface area contributed by atoms with Crippen LogP contribution in [0.5, 0.6) is 11.5 Å². The molecule has 6 nitrogen and oxygen atoms in total. The van der Waals surface area contributed by atoms with Crippen molar-refractivity contribution in [3.63, 3.8) is 0 Å². The van der Waals surface area contributed by atoms with E-state index in [-0.39, 0.29) is 5.69 Å². The normalized spacial score (nSPS) is 10.2. The van der Waals surface area contributed by atoms with E-state index >= 15 is 0 Å². The molecular formula is C15H16N2O4. The van der Waals surface area contributed by atoms with Gasteiger partial charge < -0.3 is 14.6 Å². The highest BCUT2D eigenvalue weighted by molar-refractivity contribution is 5.87. The maximum Gasteiger partial charge on any atom is 0.354 e. The van der Waals surface area contributed by atoms with Crippen molar-refractivity contribution in [1.82, 2.24) is 9.78 Å². The first-order chi connectivity index (χ1) is 10.1. The average molecular weight is 288 g/mol. The van der Waals surface area contributed by atoms with Crippen LogP contribution in [0.15, 0.2) is 36.9 Å². The Morgan fingerprint density at radius 2 is 2.05 bits per heavy atom. The van der Waals surface area contributed by atoms with E-state index < -0.39 is 5.97 Å². The molecule has 2 rings (SSSR count). The molecule has 2 aromatic rings. The lowest BCUT2D eigenvalue weighted by molar-refractivity contribution is 0.0684. The zero-order valence-corrected chi connectivity index (χ0v) is 11.9. The van der Waals surface area contributed by atoms with Crippen LogP contribution in [0.3, 0.4) is 0 Å². The molecule has 0 bridgehead atoms. The highest BCUT2D eigenvalue weighted by atomic mass is 16.5. The fourth-order valence-corrected chi connectivity index (χ4v) is 1.99. The van der Waals surface area contributed by atoms with E-state index in [9.17, 15) is 9.90 Å². The number of carbonyl (C=O) groups is 1. The molecule has 110 valence electrons. The third kappa shape index (κ3) is 2.89. The van der Waals surface area contributed by atoms with Crippen molar-refractivity contribution in [3.8, 4) is 22.8 Å². The molecule has 0 fully saturated rings. The molecule has 0 saturated carbocycles. The molecule has 0 amide bonds. The van der Waals surface area contributed by atoms with E-state index in [0.29, 0.717) is 23.7 Å². The Labute approximate surface area is 122 Å². The molecule has 1 N–H and O–H groups in total. The number of aromatic carboxylic acids is 1. The van der Waals surface area contributed by atoms with Crippen molar-refractivity contribution in [2.24, 2.45) is 0 Å². The smallest absolute Gasteiger partial charge is 0.354 e. The molecule has 0 radical (unpaired) electrons. The SMILES string of the molecule is C=CCn1nc(-c2ccc(OC)c(OC)c2)cc1C(=O)O. The van der Waals surface area contributed by atoms with Gasteiger partial charge in [0.1, 0.15) is 5.69 Å². The van der Waals surface area contributed by atoms with Gasteiger partial charge in [-0.05, 0) is 24.3 Å². The summed E-state index contributed by atoms with van der Waals surface area (Å²) in [7, 11) is 3.10. The number of carboxylic acid groups (broad SMARTS) is 1. The molecule has 0 aliphatic rings. The van der Waals surface area contributed by atoms with Crippen molar-refractivity contribution >= 4 is 5.97 Å². The Bertz CT molecular complexity index is 676. The van der Waals surface area contributed by atoms with Crippen LogP contribution in [0.4, 0.5) is 0 Å². The molecule has 1 aromatic carbocycles. The molecule has 0 atom stereocenters. The number of hydrogen-bond donors (Lipinski definition) is 1. The minimum Gasteiger partial charge on any atom is -0.493 e. The van der Waals surface area contributed by atoms with Gasteiger partial charge >= 0.3 is 5.97 Å². The summed E-state index contributed by atoms with van der Waals surface area (Å²) in [5.74, 6) is 0.131. The zero-order chi connectivity index (χ0) is 15.4. The van der Waals surface area contributed by atoms with Crippen molar-refractivity contribution in [2.75, 3.05) is 14.2 Å². The van der Waals surface area contributed by atoms with E-state index in [1.165, 1.54) is 10.7 Å². The maximum atomic E-state index is 11.2. The van der Waals surface area contributed by atoms with Gasteiger partial charge in [0.15, 0.2) is 11.5 Å². The maximum absolute atomic E-state index is 11.2. The lowest BCUT2D eigenvalue weighted by atomic mass is 10.1. The number of rotatable bonds is 6. The fraction of sp³-hybridized carbons (Fsp3) is 0.200. The quantitative estimate of drug-likeness (QED) is 0.826. The highest BCUT2D eigenvalue weighted by Crippen LogP contribution is 2.32. The van der Waals surface area contributed by atoms with Gasteiger partial charge in [0.2, 0.25) is 0 Å². The molecule has 0 unspecified atom stereocenters. The van der Waals surface area contributed by atoms with Crippen LogP contribution >= 0.6 is 0 Å². The number of carboxylic acids is 1. The van der Waals surface area contributed by atoms with E-state index in [4.69, 9.17) is 9.47 Å². The Balaban J connectivity index is 2.49. The number of allylic oxidation sites excluding steroid dienone is 1. The van der Waals surface area contributed by atoms with Crippen molar-refractivity contribution in [2.45, 2.75) is 6.54 Å². The second kappa shape index (κ2) is 6.13. The van der Waals surface area contributed by atoms with E-state index in [2.05, 4.69) is 11.7 Å². The predicted molar refractivity (Wildman–Crippen MR) is 77.9 cm³/mol. The summed E-state index contributed by atoms with van der Waals surface area (Å²) in [6.07, 6.45) is 1.60. The lowest BCUT2D eigenvalue weighted by Gasteiger charge is -2.08. The number of methoxy groups -OCH3 is 2. The molecular weight excluding hydrogens is 272 g/mol. The fourth-order valence-electron chi connectivity index (χ4n) is 1.99. The van der Waals surface area contributed by atoms with Crippen molar-refractivity contribution < 1.29 is 19.4 Å². The van der Waals surface area contributed by atoms with E-state index in [1.807, 2.05) is 0 Å². The highest BCUT2D eigenvalue weighted by Gasteiger charge is 2.15. The summed E-state index contributed by atoms with van der Waals surface area (Å²) in [4.78, 5) is 11.2. The number of aromatic nitrogens is 2. The van der Waals surface area contributed by atoms with Crippen LogP contribution in [-0.4, -0.2) is 35.1 Å². The van der Waals surface area contributed by atoms with Crippen LogP contribution in [0.25, 0.3) is 11.3 Å². The van der Waals surface area contributed by atoms with E-state index in [1.54, 1.807) is 38.5 Å². The summed E-state index contributed by atoms with van der Waals surface area (Å²) in [5.41, 5.74) is 1.41. The van der Waals surface area contributed by atoms with Crippen LogP contribution in [0.2, 0.25) is 0 Å². The van der Waals surface area contributed by atoms with Crippen LogP contribution < -0.4 is 9.47 Å². The monoisotopic (exact) mass is 288 g/mol. The van der Waals surface area contributed by atoms with Gasteiger partial charge in [0.05, 0.1) is 26.5 Å². The first-order valence-corrected chi connectivity index (χ1v) is 6.25.